The monoisotopic (exact) mass is 533 g/mol. The van der Waals surface area contributed by atoms with Crippen molar-refractivity contribution in [1.29, 1.82) is 0 Å². The molecule has 0 radical (unpaired) electrons. The Labute approximate surface area is 236 Å². The van der Waals surface area contributed by atoms with Crippen LogP contribution >= 0.6 is 0 Å². The van der Waals surface area contributed by atoms with Crippen LogP contribution in [0.1, 0.15) is 40.9 Å². The zero-order valence-electron chi connectivity index (χ0n) is 23.3. The number of carbonyl (C=O) groups excluding carboxylic acids is 1. The molecule has 4 aromatic rings. The minimum Gasteiger partial charge on any atom is -0.493 e. The molecule has 1 amide bonds. The van der Waals surface area contributed by atoms with Crippen LogP contribution < -0.4 is 24.2 Å². The van der Waals surface area contributed by atoms with Crippen molar-refractivity contribution >= 4 is 23.0 Å². The summed E-state index contributed by atoms with van der Waals surface area (Å²) in [5.74, 6) is 1.12. The van der Waals surface area contributed by atoms with Crippen molar-refractivity contribution in [2.24, 2.45) is 0 Å². The molecule has 0 spiro atoms. The van der Waals surface area contributed by atoms with Crippen LogP contribution in [-0.4, -0.2) is 39.3 Å². The number of fused-ring (bicyclic) bond motifs is 2. The van der Waals surface area contributed by atoms with Gasteiger partial charge in [0.15, 0.2) is 11.5 Å². The van der Waals surface area contributed by atoms with Gasteiger partial charge in [-0.15, -0.1) is 0 Å². The maximum absolute atomic E-state index is 13.9. The van der Waals surface area contributed by atoms with Crippen LogP contribution in [0.25, 0.3) is 0 Å². The number of carbonyl (C=O) groups is 1. The van der Waals surface area contributed by atoms with Crippen molar-refractivity contribution in [3.8, 4) is 11.5 Å². The van der Waals surface area contributed by atoms with Gasteiger partial charge < -0.3 is 24.2 Å². The fraction of sp³-hybridized carbons (Fsp3) is 0.265. The van der Waals surface area contributed by atoms with Gasteiger partial charge in [0.25, 0.3) is 5.91 Å². The van der Waals surface area contributed by atoms with Crippen molar-refractivity contribution in [3.63, 3.8) is 0 Å². The van der Waals surface area contributed by atoms with Gasteiger partial charge in [-0.2, -0.15) is 0 Å². The van der Waals surface area contributed by atoms with Gasteiger partial charge in [-0.25, -0.2) is 0 Å². The number of nitrogens with zero attached hydrogens (tertiary/aromatic N) is 3. The number of anilines is 3. The quantitative estimate of drug-likeness (QED) is 0.276. The smallest absolute Gasteiger partial charge is 0.258 e. The van der Waals surface area contributed by atoms with Crippen molar-refractivity contribution in [2.75, 3.05) is 42.0 Å². The molecule has 6 rings (SSSR count). The van der Waals surface area contributed by atoms with E-state index in [0.29, 0.717) is 17.1 Å². The van der Waals surface area contributed by atoms with Crippen LogP contribution in [0.5, 0.6) is 11.5 Å². The van der Waals surface area contributed by atoms with E-state index in [4.69, 9.17) is 9.47 Å². The third kappa shape index (κ3) is 4.64. The van der Waals surface area contributed by atoms with E-state index in [0.717, 1.165) is 31.7 Å². The predicted octanol–water partition coefficient (Wildman–Crippen LogP) is 6.71. The minimum atomic E-state index is -0.0348. The molecule has 40 heavy (non-hydrogen) atoms. The molecule has 0 aliphatic carbocycles. The fourth-order valence-electron chi connectivity index (χ4n) is 6.23. The van der Waals surface area contributed by atoms with Crippen molar-refractivity contribution in [2.45, 2.75) is 32.0 Å². The molecule has 2 unspecified atom stereocenters. The van der Waals surface area contributed by atoms with Gasteiger partial charge in [0, 0.05) is 36.9 Å². The van der Waals surface area contributed by atoms with Gasteiger partial charge in [-0.3, -0.25) is 4.79 Å². The van der Waals surface area contributed by atoms with Gasteiger partial charge in [0.2, 0.25) is 0 Å². The lowest BCUT2D eigenvalue weighted by atomic mass is 9.89. The summed E-state index contributed by atoms with van der Waals surface area (Å²) in [7, 11) is 3.19. The molecule has 204 valence electrons. The lowest BCUT2D eigenvalue weighted by Crippen LogP contribution is -2.49. The molecular formula is C34H35N3O3. The van der Waals surface area contributed by atoms with Gasteiger partial charge in [-0.1, -0.05) is 60.7 Å². The minimum absolute atomic E-state index is 0.00927. The normalized spacial score (nSPS) is 18.1. The standard InChI is InChI=1S/C34H35N3O3/c1-24-21-31(36-20-19-35(23-25-11-5-4-6-12-25)29-15-9-10-16-30(29)36)27-13-7-8-14-28(27)37(24)34(38)26-17-18-32(39-2)33(22-26)40-3/h4-18,22,24,31H,19-21,23H2,1-3H3. The summed E-state index contributed by atoms with van der Waals surface area (Å²) in [6, 6.07) is 33.3. The molecule has 2 aliphatic heterocycles. The molecule has 0 saturated heterocycles. The van der Waals surface area contributed by atoms with Crippen molar-refractivity contribution < 1.29 is 14.3 Å². The first-order valence-electron chi connectivity index (χ1n) is 13.9. The lowest BCUT2D eigenvalue weighted by molar-refractivity contribution is 0.0973. The van der Waals surface area contributed by atoms with Crippen LogP contribution in [0.2, 0.25) is 0 Å². The van der Waals surface area contributed by atoms with E-state index >= 15 is 0 Å². The number of para-hydroxylation sites is 3. The molecule has 0 bridgehead atoms. The number of benzene rings is 4. The van der Waals surface area contributed by atoms with Crippen LogP contribution in [-0.2, 0) is 6.54 Å². The Morgan fingerprint density at radius 1 is 0.775 bits per heavy atom. The second kappa shape index (κ2) is 11.0. The Bertz CT molecular complexity index is 1510. The Morgan fingerprint density at radius 2 is 1.45 bits per heavy atom. The van der Waals surface area contributed by atoms with E-state index in [1.54, 1.807) is 26.4 Å². The van der Waals surface area contributed by atoms with Crippen LogP contribution in [0.3, 0.4) is 0 Å². The summed E-state index contributed by atoms with van der Waals surface area (Å²) < 4.78 is 10.9. The molecule has 0 saturated carbocycles. The molecule has 6 heteroatoms. The molecular weight excluding hydrogens is 498 g/mol. The molecule has 6 nitrogen and oxygen atoms in total. The van der Waals surface area contributed by atoms with E-state index < -0.39 is 0 Å². The van der Waals surface area contributed by atoms with Crippen LogP contribution in [0, 0.1) is 0 Å². The van der Waals surface area contributed by atoms with Gasteiger partial charge in [-0.05, 0) is 60.9 Å². The number of methoxy groups -OCH3 is 2. The summed E-state index contributed by atoms with van der Waals surface area (Å²) in [4.78, 5) is 20.9. The fourth-order valence-corrected chi connectivity index (χ4v) is 6.23. The zero-order chi connectivity index (χ0) is 27.6. The molecule has 2 heterocycles. The first-order valence-corrected chi connectivity index (χ1v) is 13.9. The molecule has 4 aromatic carbocycles. The molecule has 0 aromatic heterocycles. The Balaban J connectivity index is 1.33. The van der Waals surface area contributed by atoms with E-state index in [9.17, 15) is 4.79 Å². The van der Waals surface area contributed by atoms with E-state index in [1.807, 2.05) is 17.0 Å². The molecule has 0 fully saturated rings. The van der Waals surface area contributed by atoms with Crippen LogP contribution in [0.15, 0.2) is 97.1 Å². The highest BCUT2D eigenvalue weighted by atomic mass is 16.5. The summed E-state index contributed by atoms with van der Waals surface area (Å²) in [6.07, 6.45) is 0.836. The zero-order valence-corrected chi connectivity index (χ0v) is 23.3. The highest BCUT2D eigenvalue weighted by Gasteiger charge is 2.38. The summed E-state index contributed by atoms with van der Waals surface area (Å²) in [5.41, 5.74) is 6.54. The average Bonchev–Trinajstić information content (AvgIpc) is 3.01. The van der Waals surface area contributed by atoms with E-state index in [2.05, 4.69) is 89.5 Å². The van der Waals surface area contributed by atoms with Crippen LogP contribution in [0.4, 0.5) is 17.1 Å². The van der Waals surface area contributed by atoms with Gasteiger partial charge >= 0.3 is 0 Å². The number of ether oxygens (including phenoxy) is 2. The number of rotatable bonds is 6. The third-order valence-corrected chi connectivity index (χ3v) is 8.14. The second-order valence-corrected chi connectivity index (χ2v) is 10.5. The van der Waals surface area contributed by atoms with Gasteiger partial charge in [0.1, 0.15) is 0 Å². The van der Waals surface area contributed by atoms with Gasteiger partial charge in [0.05, 0.1) is 31.6 Å². The van der Waals surface area contributed by atoms with Crippen molar-refractivity contribution in [3.05, 3.63) is 114 Å². The lowest BCUT2D eigenvalue weighted by Gasteiger charge is -2.48. The summed E-state index contributed by atoms with van der Waals surface area (Å²) >= 11 is 0. The SMILES string of the molecule is COc1ccc(C(=O)N2c3ccccc3C(N3CCN(Cc4ccccc4)c4ccccc43)CC2C)cc1OC. The highest BCUT2D eigenvalue weighted by molar-refractivity contribution is 6.07. The van der Waals surface area contributed by atoms with E-state index in [1.165, 1.54) is 22.5 Å². The highest BCUT2D eigenvalue weighted by Crippen LogP contribution is 2.46. The summed E-state index contributed by atoms with van der Waals surface area (Å²) in [6.45, 7) is 4.89. The molecule has 0 N–H and O–H groups in total. The Morgan fingerprint density at radius 3 is 2.20 bits per heavy atom. The Hall–Kier alpha value is -4.45. The predicted molar refractivity (Wildman–Crippen MR) is 161 cm³/mol. The molecule has 2 atom stereocenters. The number of hydrogen-bond donors (Lipinski definition) is 0. The third-order valence-electron chi connectivity index (χ3n) is 8.14. The topological polar surface area (TPSA) is 45.2 Å². The number of amides is 1. The maximum atomic E-state index is 13.9. The first-order chi connectivity index (χ1) is 19.6. The average molecular weight is 534 g/mol. The molecule has 2 aliphatic rings. The second-order valence-electron chi connectivity index (χ2n) is 10.5. The van der Waals surface area contributed by atoms with Crippen molar-refractivity contribution in [1.82, 2.24) is 0 Å². The number of hydrogen-bond acceptors (Lipinski definition) is 5. The largest absolute Gasteiger partial charge is 0.493 e. The first kappa shape index (κ1) is 25.8. The van der Waals surface area contributed by atoms with E-state index in [-0.39, 0.29) is 18.0 Å². The maximum Gasteiger partial charge on any atom is 0.258 e. The summed E-state index contributed by atoms with van der Waals surface area (Å²) in [5, 5.41) is 0. The Kier molecular flexibility index (Phi) is 7.08.